The summed E-state index contributed by atoms with van der Waals surface area (Å²) in [5.74, 6) is -0.470. The number of aryl methyl sites for hydroxylation is 1. The summed E-state index contributed by atoms with van der Waals surface area (Å²) in [7, 11) is 0. The van der Waals surface area contributed by atoms with E-state index in [4.69, 9.17) is 4.74 Å². The number of carbonyl (C=O) groups excluding carboxylic acids is 1. The molecule has 1 amide bonds. The van der Waals surface area contributed by atoms with Crippen LogP contribution >= 0.6 is 0 Å². The Morgan fingerprint density at radius 1 is 1.37 bits per heavy atom. The molecule has 0 radical (unpaired) electrons. The third kappa shape index (κ3) is 5.83. The number of hydrogen-bond acceptors (Lipinski definition) is 2. The van der Waals surface area contributed by atoms with Crippen LogP contribution in [0.5, 0.6) is 0 Å². The van der Waals surface area contributed by atoms with Crippen LogP contribution in [0.1, 0.15) is 42.6 Å². The second-order valence-electron chi connectivity index (χ2n) is 4.84. The third-order valence-corrected chi connectivity index (χ3v) is 2.74. The topological polar surface area (TPSA) is 38.3 Å². The maximum Gasteiger partial charge on any atom is 0.251 e. The highest BCUT2D eigenvalue weighted by atomic mass is 19.1. The van der Waals surface area contributed by atoms with Crippen LogP contribution in [0.2, 0.25) is 0 Å². The number of nitrogens with one attached hydrogen (secondary N) is 1. The van der Waals surface area contributed by atoms with E-state index in [1.165, 1.54) is 18.2 Å². The van der Waals surface area contributed by atoms with Gasteiger partial charge in [0.1, 0.15) is 5.82 Å². The van der Waals surface area contributed by atoms with Crippen LogP contribution in [0.15, 0.2) is 18.2 Å². The Morgan fingerprint density at radius 3 is 2.74 bits per heavy atom. The third-order valence-electron chi connectivity index (χ3n) is 2.74. The summed E-state index contributed by atoms with van der Waals surface area (Å²) < 4.78 is 18.3. The molecular formula is C15H22FNO2. The van der Waals surface area contributed by atoms with Gasteiger partial charge >= 0.3 is 0 Å². The maximum absolute atomic E-state index is 12.9. The number of amides is 1. The quantitative estimate of drug-likeness (QED) is 0.771. The molecule has 0 aromatic heterocycles. The van der Waals surface area contributed by atoms with Gasteiger partial charge in [-0.1, -0.05) is 0 Å². The van der Waals surface area contributed by atoms with E-state index in [-0.39, 0.29) is 17.8 Å². The van der Waals surface area contributed by atoms with Crippen molar-refractivity contribution in [2.45, 2.75) is 39.7 Å². The molecular weight excluding hydrogens is 245 g/mol. The number of unbranched alkanes of at least 4 members (excludes halogenated alkanes) is 1. The molecule has 0 spiro atoms. The summed E-state index contributed by atoms with van der Waals surface area (Å²) in [5, 5.41) is 2.83. The van der Waals surface area contributed by atoms with Crippen LogP contribution in [0.3, 0.4) is 0 Å². The fourth-order valence-corrected chi connectivity index (χ4v) is 1.73. The minimum atomic E-state index is -0.320. The van der Waals surface area contributed by atoms with Crippen LogP contribution in [0.25, 0.3) is 0 Å². The van der Waals surface area contributed by atoms with E-state index in [2.05, 4.69) is 5.32 Å². The van der Waals surface area contributed by atoms with Crippen LogP contribution in [0.4, 0.5) is 4.39 Å². The summed E-state index contributed by atoms with van der Waals surface area (Å²) in [6.45, 7) is 7.05. The van der Waals surface area contributed by atoms with Crippen molar-refractivity contribution in [1.29, 1.82) is 0 Å². The predicted octanol–water partition coefficient (Wildman–Crippen LogP) is 3.07. The lowest BCUT2D eigenvalue weighted by Gasteiger charge is -2.09. The predicted molar refractivity (Wildman–Crippen MR) is 73.8 cm³/mol. The first-order chi connectivity index (χ1) is 9.00. The maximum atomic E-state index is 12.9. The average Bonchev–Trinajstić information content (AvgIpc) is 2.32. The first-order valence-electron chi connectivity index (χ1n) is 6.66. The molecule has 0 saturated carbocycles. The van der Waals surface area contributed by atoms with Crippen molar-refractivity contribution in [3.05, 3.63) is 35.1 Å². The highest BCUT2D eigenvalue weighted by Gasteiger charge is 2.08. The first-order valence-corrected chi connectivity index (χ1v) is 6.66. The largest absolute Gasteiger partial charge is 0.379 e. The molecule has 19 heavy (non-hydrogen) atoms. The van der Waals surface area contributed by atoms with Gasteiger partial charge in [0.2, 0.25) is 0 Å². The van der Waals surface area contributed by atoms with Gasteiger partial charge in [-0.2, -0.15) is 0 Å². The number of ether oxygens (including phenoxy) is 1. The van der Waals surface area contributed by atoms with Gasteiger partial charge in [-0.05, 0) is 57.4 Å². The molecule has 0 fully saturated rings. The molecule has 0 aliphatic heterocycles. The molecule has 1 aromatic rings. The average molecular weight is 267 g/mol. The zero-order valence-electron chi connectivity index (χ0n) is 11.8. The lowest BCUT2D eigenvalue weighted by Crippen LogP contribution is -2.25. The molecule has 0 heterocycles. The zero-order valence-corrected chi connectivity index (χ0v) is 11.8. The molecule has 0 atom stereocenters. The normalized spacial score (nSPS) is 10.8. The molecule has 1 rings (SSSR count). The Hall–Kier alpha value is -1.42. The van der Waals surface area contributed by atoms with Gasteiger partial charge in [0.15, 0.2) is 0 Å². The van der Waals surface area contributed by atoms with E-state index in [0.29, 0.717) is 24.3 Å². The van der Waals surface area contributed by atoms with Crippen molar-refractivity contribution in [2.75, 3.05) is 13.2 Å². The minimum Gasteiger partial charge on any atom is -0.379 e. The van der Waals surface area contributed by atoms with Crippen molar-refractivity contribution >= 4 is 5.91 Å². The van der Waals surface area contributed by atoms with Gasteiger partial charge in [0, 0.05) is 18.7 Å². The summed E-state index contributed by atoms with van der Waals surface area (Å²) in [6.07, 6.45) is 2.04. The van der Waals surface area contributed by atoms with Crippen molar-refractivity contribution in [2.24, 2.45) is 0 Å². The Morgan fingerprint density at radius 2 is 2.11 bits per heavy atom. The SMILES string of the molecule is Cc1cc(F)ccc1C(=O)NCCCCOC(C)C. The summed E-state index contributed by atoms with van der Waals surface area (Å²) in [5.41, 5.74) is 1.18. The Labute approximate surface area is 114 Å². The Kier molecular flexibility index (Phi) is 6.50. The van der Waals surface area contributed by atoms with Crippen LogP contribution in [-0.2, 0) is 4.74 Å². The highest BCUT2D eigenvalue weighted by Crippen LogP contribution is 2.09. The molecule has 1 aromatic carbocycles. The zero-order chi connectivity index (χ0) is 14.3. The van der Waals surface area contributed by atoms with Gasteiger partial charge in [-0.3, -0.25) is 4.79 Å². The number of halogens is 1. The fourth-order valence-electron chi connectivity index (χ4n) is 1.73. The van der Waals surface area contributed by atoms with Crippen molar-refractivity contribution in [3.8, 4) is 0 Å². The smallest absolute Gasteiger partial charge is 0.251 e. The second-order valence-corrected chi connectivity index (χ2v) is 4.84. The van der Waals surface area contributed by atoms with Gasteiger partial charge in [-0.25, -0.2) is 4.39 Å². The monoisotopic (exact) mass is 267 g/mol. The van der Waals surface area contributed by atoms with E-state index >= 15 is 0 Å². The Bertz CT molecular complexity index is 419. The first kappa shape index (κ1) is 15.6. The Balaban J connectivity index is 2.28. The molecule has 3 nitrogen and oxygen atoms in total. The molecule has 106 valence electrons. The molecule has 0 saturated heterocycles. The molecule has 0 bridgehead atoms. The van der Waals surface area contributed by atoms with E-state index < -0.39 is 0 Å². The van der Waals surface area contributed by atoms with E-state index in [1.54, 1.807) is 6.92 Å². The van der Waals surface area contributed by atoms with Gasteiger partial charge in [0.05, 0.1) is 6.10 Å². The van der Waals surface area contributed by atoms with Gasteiger partial charge in [0.25, 0.3) is 5.91 Å². The number of hydrogen-bond donors (Lipinski definition) is 1. The van der Waals surface area contributed by atoms with E-state index in [1.807, 2.05) is 13.8 Å². The molecule has 0 aliphatic rings. The number of rotatable bonds is 7. The molecule has 1 N–H and O–H groups in total. The van der Waals surface area contributed by atoms with Gasteiger partial charge < -0.3 is 10.1 Å². The van der Waals surface area contributed by atoms with E-state index in [0.717, 1.165) is 12.8 Å². The van der Waals surface area contributed by atoms with Crippen molar-refractivity contribution in [1.82, 2.24) is 5.32 Å². The molecule has 4 heteroatoms. The summed E-state index contributed by atoms with van der Waals surface area (Å²) >= 11 is 0. The lowest BCUT2D eigenvalue weighted by molar-refractivity contribution is 0.0754. The minimum absolute atomic E-state index is 0.151. The van der Waals surface area contributed by atoms with E-state index in [9.17, 15) is 9.18 Å². The fraction of sp³-hybridized carbons (Fsp3) is 0.533. The van der Waals surface area contributed by atoms with Crippen molar-refractivity contribution in [3.63, 3.8) is 0 Å². The van der Waals surface area contributed by atoms with Gasteiger partial charge in [-0.15, -0.1) is 0 Å². The van der Waals surface area contributed by atoms with Crippen LogP contribution < -0.4 is 5.32 Å². The number of carbonyl (C=O) groups is 1. The summed E-state index contributed by atoms with van der Waals surface area (Å²) in [4.78, 5) is 11.9. The van der Waals surface area contributed by atoms with Crippen LogP contribution in [0, 0.1) is 12.7 Å². The standard InChI is InChI=1S/C15H22FNO2/c1-11(2)19-9-5-4-8-17-15(18)14-7-6-13(16)10-12(14)3/h6-7,10-11H,4-5,8-9H2,1-3H3,(H,17,18). The van der Waals surface area contributed by atoms with Crippen molar-refractivity contribution < 1.29 is 13.9 Å². The lowest BCUT2D eigenvalue weighted by atomic mass is 10.1. The number of benzene rings is 1. The molecule has 0 unspecified atom stereocenters. The second kappa shape index (κ2) is 7.89. The van der Waals surface area contributed by atoms with Crippen LogP contribution in [-0.4, -0.2) is 25.2 Å². The highest BCUT2D eigenvalue weighted by molar-refractivity contribution is 5.95. The summed E-state index contributed by atoms with van der Waals surface area (Å²) in [6, 6.07) is 4.19. The molecule has 0 aliphatic carbocycles.